The third-order valence-electron chi connectivity index (χ3n) is 5.47. The Bertz CT molecular complexity index is 738. The van der Waals surface area contributed by atoms with Gasteiger partial charge in [-0.15, -0.1) is 0 Å². The Morgan fingerprint density at radius 1 is 1.20 bits per heavy atom. The third-order valence-corrected chi connectivity index (χ3v) is 5.47. The number of hydrogen-bond donors (Lipinski definition) is 1. The smallest absolute Gasteiger partial charge is 0.135 e. The molecule has 0 amide bonds. The van der Waals surface area contributed by atoms with Crippen LogP contribution in [0.1, 0.15) is 35.7 Å². The van der Waals surface area contributed by atoms with E-state index in [4.69, 9.17) is 9.97 Å². The van der Waals surface area contributed by atoms with E-state index in [1.165, 1.54) is 29.9 Å². The summed E-state index contributed by atoms with van der Waals surface area (Å²) in [6.45, 7) is 9.39. The van der Waals surface area contributed by atoms with Gasteiger partial charge in [-0.3, -0.25) is 0 Å². The number of fused-ring (bicyclic) bond motifs is 1. The van der Waals surface area contributed by atoms with Crippen molar-refractivity contribution >= 4 is 5.82 Å². The van der Waals surface area contributed by atoms with E-state index in [0.29, 0.717) is 5.92 Å². The first-order chi connectivity index (χ1) is 12.2. The number of anilines is 1. The van der Waals surface area contributed by atoms with Gasteiger partial charge >= 0.3 is 0 Å². The minimum Gasteiger partial charge on any atom is -0.356 e. The van der Waals surface area contributed by atoms with Gasteiger partial charge in [-0.1, -0.05) is 0 Å². The molecule has 1 fully saturated rings. The minimum absolute atomic E-state index is 0.650. The summed E-state index contributed by atoms with van der Waals surface area (Å²) in [6.07, 6.45) is 8.55. The summed E-state index contributed by atoms with van der Waals surface area (Å²) in [6, 6.07) is 0. The molecule has 0 aliphatic carbocycles. The van der Waals surface area contributed by atoms with E-state index in [1.54, 1.807) is 0 Å². The first kappa shape index (κ1) is 16.5. The molecule has 4 rings (SSSR count). The van der Waals surface area contributed by atoms with E-state index in [0.717, 1.165) is 57.2 Å². The number of rotatable bonds is 3. The second kappa shape index (κ2) is 7.12. The molecule has 134 valence electrons. The van der Waals surface area contributed by atoms with E-state index < -0.39 is 0 Å². The van der Waals surface area contributed by atoms with Gasteiger partial charge in [0.15, 0.2) is 0 Å². The SMILES string of the molecule is Cc1nc2c(c(N3CCC[C@H](Cn4ccnc4C)C3)n1)CCNCC2. The van der Waals surface area contributed by atoms with Crippen molar-refractivity contribution in [1.82, 2.24) is 24.8 Å². The van der Waals surface area contributed by atoms with Crippen molar-refractivity contribution in [2.45, 2.75) is 46.1 Å². The number of hydrogen-bond acceptors (Lipinski definition) is 5. The fourth-order valence-electron chi connectivity index (χ4n) is 4.19. The molecule has 2 aromatic rings. The van der Waals surface area contributed by atoms with E-state index in [2.05, 4.69) is 32.9 Å². The summed E-state index contributed by atoms with van der Waals surface area (Å²) >= 11 is 0. The van der Waals surface area contributed by atoms with Crippen LogP contribution in [-0.2, 0) is 19.4 Å². The Labute approximate surface area is 149 Å². The summed E-state index contributed by atoms with van der Waals surface area (Å²) < 4.78 is 2.28. The van der Waals surface area contributed by atoms with Gasteiger partial charge < -0.3 is 14.8 Å². The molecule has 2 aromatic heterocycles. The molecule has 1 saturated heterocycles. The van der Waals surface area contributed by atoms with Gasteiger partial charge in [-0.25, -0.2) is 15.0 Å². The average Bonchev–Trinajstić information content (AvgIpc) is 2.87. The molecule has 0 unspecified atom stereocenters. The topological polar surface area (TPSA) is 58.9 Å². The fraction of sp³-hybridized carbons (Fsp3) is 0.632. The number of piperidine rings is 1. The largest absolute Gasteiger partial charge is 0.356 e. The van der Waals surface area contributed by atoms with Gasteiger partial charge in [-0.05, 0) is 45.6 Å². The van der Waals surface area contributed by atoms with E-state index in [1.807, 2.05) is 13.1 Å². The zero-order valence-electron chi connectivity index (χ0n) is 15.3. The summed E-state index contributed by atoms with van der Waals surface area (Å²) in [5.41, 5.74) is 2.62. The molecule has 6 heteroatoms. The Morgan fingerprint density at radius 3 is 2.92 bits per heavy atom. The van der Waals surface area contributed by atoms with Crippen LogP contribution in [0.4, 0.5) is 5.82 Å². The van der Waals surface area contributed by atoms with Gasteiger partial charge in [0, 0.05) is 50.6 Å². The lowest BCUT2D eigenvalue weighted by Crippen LogP contribution is -2.38. The molecular formula is C19H28N6. The molecule has 0 bridgehead atoms. The Morgan fingerprint density at radius 2 is 2.08 bits per heavy atom. The second-order valence-electron chi connectivity index (χ2n) is 7.35. The summed E-state index contributed by atoms with van der Waals surface area (Å²) in [7, 11) is 0. The molecule has 0 aromatic carbocycles. The number of nitrogens with zero attached hydrogens (tertiary/aromatic N) is 5. The first-order valence-electron chi connectivity index (χ1n) is 9.50. The maximum Gasteiger partial charge on any atom is 0.135 e. The van der Waals surface area contributed by atoms with Gasteiger partial charge in [0.05, 0.1) is 5.69 Å². The van der Waals surface area contributed by atoms with Crippen molar-refractivity contribution in [3.8, 4) is 0 Å². The predicted octanol–water partition coefficient (Wildman–Crippen LogP) is 1.89. The second-order valence-corrected chi connectivity index (χ2v) is 7.35. The normalized spacial score (nSPS) is 21.0. The maximum absolute atomic E-state index is 4.87. The van der Waals surface area contributed by atoms with Crippen molar-refractivity contribution in [2.75, 3.05) is 31.1 Å². The van der Waals surface area contributed by atoms with Crippen molar-refractivity contribution < 1.29 is 0 Å². The van der Waals surface area contributed by atoms with Gasteiger partial charge in [0.1, 0.15) is 17.5 Å². The molecule has 2 aliphatic rings. The quantitative estimate of drug-likeness (QED) is 0.925. The van der Waals surface area contributed by atoms with Crippen LogP contribution in [0.15, 0.2) is 12.4 Å². The lowest BCUT2D eigenvalue weighted by Gasteiger charge is -2.35. The fourth-order valence-corrected chi connectivity index (χ4v) is 4.19. The number of nitrogens with one attached hydrogen (secondary N) is 1. The van der Waals surface area contributed by atoms with Gasteiger partial charge in [0.25, 0.3) is 0 Å². The highest BCUT2D eigenvalue weighted by atomic mass is 15.2. The van der Waals surface area contributed by atoms with E-state index in [9.17, 15) is 0 Å². The summed E-state index contributed by atoms with van der Waals surface area (Å²) in [5.74, 6) is 3.85. The van der Waals surface area contributed by atoms with Crippen LogP contribution < -0.4 is 10.2 Å². The van der Waals surface area contributed by atoms with Crippen LogP contribution in [0.25, 0.3) is 0 Å². The standard InChI is InChI=1S/C19H28N6/c1-14-22-18-6-8-20-7-5-17(18)19(23-14)25-10-3-4-16(13-25)12-24-11-9-21-15(24)2/h9,11,16,20H,3-8,10,12-13H2,1-2H3/t16-/m1/s1. The Balaban J connectivity index is 1.57. The number of aryl methyl sites for hydroxylation is 2. The molecule has 0 spiro atoms. The summed E-state index contributed by atoms with van der Waals surface area (Å²) in [4.78, 5) is 16.5. The van der Waals surface area contributed by atoms with Crippen molar-refractivity contribution in [3.63, 3.8) is 0 Å². The van der Waals surface area contributed by atoms with Crippen LogP contribution in [-0.4, -0.2) is 45.7 Å². The zero-order chi connectivity index (χ0) is 17.2. The molecule has 0 radical (unpaired) electrons. The molecule has 2 aliphatic heterocycles. The molecule has 25 heavy (non-hydrogen) atoms. The molecular weight excluding hydrogens is 312 g/mol. The Kier molecular flexibility index (Phi) is 4.70. The zero-order valence-corrected chi connectivity index (χ0v) is 15.3. The van der Waals surface area contributed by atoms with Crippen LogP contribution in [0.5, 0.6) is 0 Å². The van der Waals surface area contributed by atoms with Crippen LogP contribution in [0, 0.1) is 19.8 Å². The number of aromatic nitrogens is 4. The third kappa shape index (κ3) is 3.54. The van der Waals surface area contributed by atoms with Crippen LogP contribution in [0.3, 0.4) is 0 Å². The van der Waals surface area contributed by atoms with Crippen molar-refractivity contribution in [2.24, 2.45) is 5.92 Å². The van der Waals surface area contributed by atoms with E-state index in [-0.39, 0.29) is 0 Å². The molecule has 4 heterocycles. The highest BCUT2D eigenvalue weighted by Crippen LogP contribution is 2.28. The maximum atomic E-state index is 4.87. The lowest BCUT2D eigenvalue weighted by atomic mass is 9.97. The molecule has 0 saturated carbocycles. The minimum atomic E-state index is 0.650. The van der Waals surface area contributed by atoms with Crippen molar-refractivity contribution in [3.05, 3.63) is 35.3 Å². The highest BCUT2D eigenvalue weighted by Gasteiger charge is 2.25. The first-order valence-corrected chi connectivity index (χ1v) is 9.50. The molecule has 1 atom stereocenters. The average molecular weight is 340 g/mol. The molecule has 1 N–H and O–H groups in total. The number of imidazole rings is 1. The van der Waals surface area contributed by atoms with Gasteiger partial charge in [0.2, 0.25) is 0 Å². The van der Waals surface area contributed by atoms with Crippen LogP contribution in [0.2, 0.25) is 0 Å². The molecule has 6 nitrogen and oxygen atoms in total. The lowest BCUT2D eigenvalue weighted by molar-refractivity contribution is 0.362. The highest BCUT2D eigenvalue weighted by molar-refractivity contribution is 5.50. The summed E-state index contributed by atoms with van der Waals surface area (Å²) in [5, 5.41) is 3.49. The van der Waals surface area contributed by atoms with E-state index >= 15 is 0 Å². The van der Waals surface area contributed by atoms with Crippen LogP contribution >= 0.6 is 0 Å². The Hall–Kier alpha value is -1.95. The van der Waals surface area contributed by atoms with Gasteiger partial charge in [-0.2, -0.15) is 0 Å². The predicted molar refractivity (Wildman–Crippen MR) is 98.9 cm³/mol. The monoisotopic (exact) mass is 340 g/mol. The van der Waals surface area contributed by atoms with Crippen molar-refractivity contribution in [1.29, 1.82) is 0 Å².